The molecule has 0 aromatic carbocycles. The van der Waals surface area contributed by atoms with Gasteiger partial charge in [-0.2, -0.15) is 5.10 Å². The number of aliphatic imine (C=N–C) groups is 1. The lowest BCUT2D eigenvalue weighted by atomic mass is 10.1. The highest BCUT2D eigenvalue weighted by Crippen LogP contribution is 2.25. The predicted octanol–water partition coefficient (Wildman–Crippen LogP) is 1.60. The minimum Gasteiger partial charge on any atom is -0.363 e. The van der Waals surface area contributed by atoms with Crippen LogP contribution in [0.2, 0.25) is 0 Å². The molecule has 88 valence electrons. The summed E-state index contributed by atoms with van der Waals surface area (Å²) in [6.45, 7) is 7.23. The molecule has 0 spiro atoms. The number of nitrogens with one attached hydrogen (secondary N) is 1. The van der Waals surface area contributed by atoms with E-state index in [0.717, 1.165) is 24.8 Å². The summed E-state index contributed by atoms with van der Waals surface area (Å²) in [6.07, 6.45) is 3.78. The average molecular weight is 238 g/mol. The lowest BCUT2D eigenvalue weighted by Gasteiger charge is -2.12. The highest BCUT2D eigenvalue weighted by molar-refractivity contribution is 8.14. The van der Waals surface area contributed by atoms with Gasteiger partial charge >= 0.3 is 0 Å². The maximum atomic E-state index is 4.50. The summed E-state index contributed by atoms with van der Waals surface area (Å²) in [6, 6.07) is 1.94. The summed E-state index contributed by atoms with van der Waals surface area (Å²) in [5.41, 5.74) is 0. The first-order chi connectivity index (χ1) is 7.75. The molecule has 2 heterocycles. The molecule has 0 fully saturated rings. The molecule has 1 aliphatic rings. The fourth-order valence-corrected chi connectivity index (χ4v) is 2.59. The molecule has 1 aromatic rings. The van der Waals surface area contributed by atoms with Crippen LogP contribution < -0.4 is 5.32 Å². The summed E-state index contributed by atoms with van der Waals surface area (Å²) >= 11 is 1.87. The van der Waals surface area contributed by atoms with Gasteiger partial charge in [-0.05, 0) is 12.0 Å². The van der Waals surface area contributed by atoms with Gasteiger partial charge in [-0.15, -0.1) is 0 Å². The van der Waals surface area contributed by atoms with Crippen LogP contribution in [0.5, 0.6) is 0 Å². The zero-order valence-corrected chi connectivity index (χ0v) is 10.6. The first-order valence-electron chi connectivity index (χ1n) is 5.68. The van der Waals surface area contributed by atoms with E-state index in [2.05, 4.69) is 29.3 Å². The molecule has 0 saturated carbocycles. The lowest BCUT2D eigenvalue weighted by molar-refractivity contribution is 0.604. The van der Waals surface area contributed by atoms with E-state index in [-0.39, 0.29) is 0 Å². The highest BCUT2D eigenvalue weighted by atomic mass is 32.2. The fourth-order valence-electron chi connectivity index (χ4n) is 1.55. The van der Waals surface area contributed by atoms with Crippen LogP contribution in [0.4, 0.5) is 0 Å². The molecule has 2 rings (SSSR count). The van der Waals surface area contributed by atoms with Crippen LogP contribution in [0.1, 0.15) is 13.8 Å². The SMILES string of the molecule is CC(C)C1CN=C(NCCn2cccn2)S1. The summed E-state index contributed by atoms with van der Waals surface area (Å²) in [5.74, 6) is 0.694. The van der Waals surface area contributed by atoms with Gasteiger partial charge in [-0.25, -0.2) is 0 Å². The van der Waals surface area contributed by atoms with E-state index >= 15 is 0 Å². The minimum absolute atomic E-state index is 0.646. The van der Waals surface area contributed by atoms with Crippen molar-refractivity contribution in [2.45, 2.75) is 25.6 Å². The molecule has 4 nitrogen and oxygen atoms in total. The van der Waals surface area contributed by atoms with E-state index < -0.39 is 0 Å². The van der Waals surface area contributed by atoms with E-state index in [1.54, 1.807) is 6.20 Å². The quantitative estimate of drug-likeness (QED) is 0.866. The predicted molar refractivity (Wildman–Crippen MR) is 68.7 cm³/mol. The molecule has 1 aliphatic heterocycles. The van der Waals surface area contributed by atoms with Crippen LogP contribution in [0.25, 0.3) is 0 Å². The monoisotopic (exact) mass is 238 g/mol. The molecule has 1 unspecified atom stereocenters. The van der Waals surface area contributed by atoms with Crippen molar-refractivity contribution in [1.29, 1.82) is 0 Å². The Bertz CT molecular complexity index is 345. The van der Waals surface area contributed by atoms with E-state index in [9.17, 15) is 0 Å². The molecule has 5 heteroatoms. The van der Waals surface area contributed by atoms with Gasteiger partial charge < -0.3 is 5.32 Å². The van der Waals surface area contributed by atoms with Gasteiger partial charge in [-0.1, -0.05) is 25.6 Å². The van der Waals surface area contributed by atoms with Crippen molar-refractivity contribution in [2.24, 2.45) is 10.9 Å². The Morgan fingerprint density at radius 3 is 3.12 bits per heavy atom. The van der Waals surface area contributed by atoms with Crippen LogP contribution >= 0.6 is 11.8 Å². The Labute approximate surface area is 101 Å². The fraction of sp³-hybridized carbons (Fsp3) is 0.636. The van der Waals surface area contributed by atoms with Gasteiger partial charge in [-0.3, -0.25) is 9.67 Å². The second-order valence-electron chi connectivity index (χ2n) is 4.24. The molecule has 0 aliphatic carbocycles. The molecular formula is C11H18N4S. The Hall–Kier alpha value is -0.970. The smallest absolute Gasteiger partial charge is 0.156 e. The number of hydrogen-bond donors (Lipinski definition) is 1. The van der Waals surface area contributed by atoms with Gasteiger partial charge in [0.2, 0.25) is 0 Å². The maximum absolute atomic E-state index is 4.50. The Morgan fingerprint density at radius 2 is 2.50 bits per heavy atom. The van der Waals surface area contributed by atoms with E-state index in [1.165, 1.54) is 0 Å². The zero-order valence-electron chi connectivity index (χ0n) is 9.76. The van der Waals surface area contributed by atoms with Gasteiger partial charge in [0.1, 0.15) is 0 Å². The standard InChI is InChI=1S/C11H18N4S/c1-9(2)10-8-13-11(16-10)12-5-7-15-6-3-4-14-15/h3-4,6,9-10H,5,7-8H2,1-2H3,(H,12,13). The van der Waals surface area contributed by atoms with Gasteiger partial charge in [0, 0.05) is 24.2 Å². The van der Waals surface area contributed by atoms with Crippen molar-refractivity contribution in [3.05, 3.63) is 18.5 Å². The molecule has 1 aromatic heterocycles. The maximum Gasteiger partial charge on any atom is 0.156 e. The van der Waals surface area contributed by atoms with Crippen molar-refractivity contribution in [2.75, 3.05) is 13.1 Å². The van der Waals surface area contributed by atoms with Crippen molar-refractivity contribution < 1.29 is 0 Å². The van der Waals surface area contributed by atoms with E-state index in [0.29, 0.717) is 11.2 Å². The number of hydrogen-bond acceptors (Lipinski definition) is 4. The summed E-state index contributed by atoms with van der Waals surface area (Å²) < 4.78 is 1.92. The van der Waals surface area contributed by atoms with Crippen molar-refractivity contribution in [1.82, 2.24) is 15.1 Å². The molecule has 0 amide bonds. The first-order valence-corrected chi connectivity index (χ1v) is 6.56. The van der Waals surface area contributed by atoms with Crippen molar-refractivity contribution >= 4 is 16.9 Å². The Morgan fingerprint density at radius 1 is 1.62 bits per heavy atom. The minimum atomic E-state index is 0.646. The molecule has 1 atom stereocenters. The number of nitrogens with zero attached hydrogens (tertiary/aromatic N) is 3. The highest BCUT2D eigenvalue weighted by Gasteiger charge is 2.21. The Balaban J connectivity index is 1.68. The molecule has 0 saturated heterocycles. The molecule has 0 bridgehead atoms. The van der Waals surface area contributed by atoms with Crippen molar-refractivity contribution in [3.8, 4) is 0 Å². The molecule has 16 heavy (non-hydrogen) atoms. The second-order valence-corrected chi connectivity index (χ2v) is 5.47. The second kappa shape index (κ2) is 5.39. The first kappa shape index (κ1) is 11.5. The molecule has 1 N–H and O–H groups in total. The summed E-state index contributed by atoms with van der Waals surface area (Å²) in [5, 5.41) is 9.24. The third-order valence-corrected chi connectivity index (χ3v) is 4.09. The summed E-state index contributed by atoms with van der Waals surface area (Å²) in [4.78, 5) is 4.50. The summed E-state index contributed by atoms with van der Waals surface area (Å²) in [7, 11) is 0. The van der Waals surface area contributed by atoms with E-state index in [4.69, 9.17) is 0 Å². The number of amidine groups is 1. The van der Waals surface area contributed by atoms with Crippen LogP contribution in [0.3, 0.4) is 0 Å². The lowest BCUT2D eigenvalue weighted by Crippen LogP contribution is -2.24. The van der Waals surface area contributed by atoms with Crippen LogP contribution in [0.15, 0.2) is 23.5 Å². The van der Waals surface area contributed by atoms with Gasteiger partial charge in [0.05, 0.1) is 13.1 Å². The topological polar surface area (TPSA) is 42.2 Å². The molecule has 0 radical (unpaired) electrons. The van der Waals surface area contributed by atoms with Gasteiger partial charge in [0.25, 0.3) is 0 Å². The van der Waals surface area contributed by atoms with E-state index in [1.807, 2.05) is 28.7 Å². The average Bonchev–Trinajstić information content (AvgIpc) is 2.87. The third-order valence-electron chi connectivity index (χ3n) is 2.60. The third kappa shape index (κ3) is 3.01. The number of aromatic nitrogens is 2. The number of rotatable bonds is 4. The largest absolute Gasteiger partial charge is 0.363 e. The zero-order chi connectivity index (χ0) is 11.4. The van der Waals surface area contributed by atoms with Crippen LogP contribution in [-0.4, -0.2) is 33.3 Å². The van der Waals surface area contributed by atoms with Crippen molar-refractivity contribution in [3.63, 3.8) is 0 Å². The normalized spacial score (nSPS) is 20.2. The molecular weight excluding hydrogens is 220 g/mol. The van der Waals surface area contributed by atoms with Crippen LogP contribution in [0, 0.1) is 5.92 Å². The van der Waals surface area contributed by atoms with Crippen LogP contribution in [-0.2, 0) is 6.54 Å². The van der Waals surface area contributed by atoms with Gasteiger partial charge in [0.15, 0.2) is 5.17 Å². The Kier molecular flexibility index (Phi) is 3.88. The number of thioether (sulfide) groups is 1.